The van der Waals surface area contributed by atoms with Crippen molar-refractivity contribution in [2.75, 3.05) is 13.2 Å². The average molecular weight is 241 g/mol. The van der Waals surface area contributed by atoms with Crippen molar-refractivity contribution in [3.63, 3.8) is 0 Å². The Kier molecular flexibility index (Phi) is 3.84. The molecule has 1 aliphatic rings. The van der Waals surface area contributed by atoms with E-state index in [1.165, 1.54) is 0 Å². The van der Waals surface area contributed by atoms with E-state index in [0.29, 0.717) is 13.2 Å². The number of hydrogen-bond donors (Lipinski definition) is 1. The molecule has 0 aromatic heterocycles. The molecule has 4 nitrogen and oxygen atoms in total. The summed E-state index contributed by atoms with van der Waals surface area (Å²) in [7, 11) is 0. The van der Waals surface area contributed by atoms with E-state index in [0.717, 1.165) is 0 Å². The third-order valence-corrected chi connectivity index (χ3v) is 4.22. The first-order valence-electron chi connectivity index (χ1n) is 6.18. The summed E-state index contributed by atoms with van der Waals surface area (Å²) in [6, 6.07) is 0. The van der Waals surface area contributed by atoms with Crippen LogP contribution >= 0.6 is 0 Å². The molecule has 0 aliphatic heterocycles. The van der Waals surface area contributed by atoms with Gasteiger partial charge in [0.1, 0.15) is 0 Å². The van der Waals surface area contributed by atoms with E-state index >= 15 is 0 Å². The molecule has 0 saturated heterocycles. The average Bonchev–Trinajstić information content (AvgIpc) is 2.57. The Bertz CT molecular complexity index is 307. The van der Waals surface area contributed by atoms with Crippen LogP contribution in [-0.4, -0.2) is 25.0 Å². The van der Waals surface area contributed by atoms with E-state index in [1.807, 2.05) is 0 Å². The Hall–Kier alpha value is -1.06. The number of amides is 1. The molecule has 0 heterocycles. The lowest BCUT2D eigenvalue weighted by atomic mass is 10.0. The summed E-state index contributed by atoms with van der Waals surface area (Å²) in [5, 5.41) is 2.81. The predicted molar refractivity (Wildman–Crippen MR) is 65.3 cm³/mol. The SMILES string of the molecule is CCOC(=O)CCNC(=O)C1C(C)(C)C1(C)C. The fourth-order valence-corrected chi connectivity index (χ4v) is 2.47. The second kappa shape index (κ2) is 4.67. The van der Waals surface area contributed by atoms with E-state index < -0.39 is 0 Å². The Labute approximate surface area is 103 Å². The van der Waals surface area contributed by atoms with Crippen LogP contribution < -0.4 is 5.32 Å². The van der Waals surface area contributed by atoms with Gasteiger partial charge >= 0.3 is 5.97 Å². The Morgan fingerprint density at radius 3 is 2.12 bits per heavy atom. The topological polar surface area (TPSA) is 55.4 Å². The molecule has 1 N–H and O–H groups in total. The highest BCUT2D eigenvalue weighted by Crippen LogP contribution is 2.68. The Morgan fingerprint density at radius 2 is 1.71 bits per heavy atom. The minimum Gasteiger partial charge on any atom is -0.466 e. The summed E-state index contributed by atoms with van der Waals surface area (Å²) in [4.78, 5) is 23.0. The molecule has 4 heteroatoms. The van der Waals surface area contributed by atoms with Crippen LogP contribution in [-0.2, 0) is 14.3 Å². The van der Waals surface area contributed by atoms with Crippen LogP contribution in [0.4, 0.5) is 0 Å². The van der Waals surface area contributed by atoms with Gasteiger partial charge in [0, 0.05) is 12.5 Å². The summed E-state index contributed by atoms with van der Waals surface area (Å²) in [5.41, 5.74) is 0.0853. The summed E-state index contributed by atoms with van der Waals surface area (Å²) in [6.45, 7) is 10.9. The summed E-state index contributed by atoms with van der Waals surface area (Å²) >= 11 is 0. The number of ether oxygens (including phenoxy) is 1. The number of hydrogen-bond acceptors (Lipinski definition) is 3. The summed E-state index contributed by atoms with van der Waals surface area (Å²) in [5.74, 6) is -0.177. The molecule has 0 aromatic carbocycles. The molecular weight excluding hydrogens is 218 g/mol. The van der Waals surface area contributed by atoms with Crippen molar-refractivity contribution in [3.8, 4) is 0 Å². The predicted octanol–water partition coefficient (Wildman–Crippen LogP) is 1.74. The van der Waals surface area contributed by atoms with Crippen molar-refractivity contribution >= 4 is 11.9 Å². The van der Waals surface area contributed by atoms with E-state index in [-0.39, 0.29) is 35.0 Å². The highest BCUT2D eigenvalue weighted by atomic mass is 16.5. The van der Waals surface area contributed by atoms with Gasteiger partial charge in [-0.2, -0.15) is 0 Å². The fourth-order valence-electron chi connectivity index (χ4n) is 2.47. The standard InChI is InChI=1S/C13H23NO3/c1-6-17-9(15)7-8-14-11(16)10-12(2,3)13(10,4)5/h10H,6-8H2,1-5H3,(H,14,16). The number of rotatable bonds is 5. The molecule has 1 saturated carbocycles. The van der Waals surface area contributed by atoms with Crippen molar-refractivity contribution in [2.45, 2.75) is 41.0 Å². The molecule has 0 atom stereocenters. The van der Waals surface area contributed by atoms with Gasteiger partial charge in [-0.25, -0.2) is 0 Å². The zero-order chi connectivity index (χ0) is 13.3. The Balaban J connectivity index is 2.31. The van der Waals surface area contributed by atoms with Gasteiger partial charge in [0.2, 0.25) is 5.91 Å². The molecule has 1 amide bonds. The van der Waals surface area contributed by atoms with Crippen molar-refractivity contribution in [2.24, 2.45) is 16.7 Å². The van der Waals surface area contributed by atoms with Gasteiger partial charge in [-0.15, -0.1) is 0 Å². The minimum atomic E-state index is -0.262. The smallest absolute Gasteiger partial charge is 0.307 e. The van der Waals surface area contributed by atoms with Crippen LogP contribution in [0.2, 0.25) is 0 Å². The first-order valence-corrected chi connectivity index (χ1v) is 6.18. The fraction of sp³-hybridized carbons (Fsp3) is 0.846. The molecule has 1 aliphatic carbocycles. The largest absolute Gasteiger partial charge is 0.466 e. The summed E-state index contributed by atoms with van der Waals surface area (Å²) in [6.07, 6.45) is 0.243. The third kappa shape index (κ3) is 2.61. The Morgan fingerprint density at radius 1 is 1.18 bits per heavy atom. The lowest BCUT2D eigenvalue weighted by Crippen LogP contribution is -2.29. The van der Waals surface area contributed by atoms with Crippen molar-refractivity contribution < 1.29 is 14.3 Å². The molecule has 17 heavy (non-hydrogen) atoms. The first-order chi connectivity index (χ1) is 7.75. The second-order valence-corrected chi connectivity index (χ2v) is 5.72. The number of carbonyl (C=O) groups excluding carboxylic acids is 2. The van der Waals surface area contributed by atoms with Crippen LogP contribution in [0.25, 0.3) is 0 Å². The monoisotopic (exact) mass is 241 g/mol. The molecule has 0 unspecified atom stereocenters. The second-order valence-electron chi connectivity index (χ2n) is 5.72. The van der Waals surface area contributed by atoms with Crippen molar-refractivity contribution in [1.82, 2.24) is 5.32 Å². The molecule has 98 valence electrons. The van der Waals surface area contributed by atoms with Gasteiger partial charge in [0.15, 0.2) is 0 Å². The first kappa shape index (κ1) is 14.0. The van der Waals surface area contributed by atoms with E-state index in [2.05, 4.69) is 33.0 Å². The van der Waals surface area contributed by atoms with E-state index in [1.54, 1.807) is 6.92 Å². The maximum Gasteiger partial charge on any atom is 0.307 e. The van der Waals surface area contributed by atoms with Crippen molar-refractivity contribution in [1.29, 1.82) is 0 Å². The summed E-state index contributed by atoms with van der Waals surface area (Å²) < 4.78 is 4.79. The van der Waals surface area contributed by atoms with Crippen molar-refractivity contribution in [3.05, 3.63) is 0 Å². The lowest BCUT2D eigenvalue weighted by molar-refractivity contribution is -0.143. The zero-order valence-electron chi connectivity index (χ0n) is 11.4. The third-order valence-electron chi connectivity index (χ3n) is 4.22. The van der Waals surface area contributed by atoms with E-state index in [4.69, 9.17) is 4.74 Å². The van der Waals surface area contributed by atoms with Gasteiger partial charge in [-0.1, -0.05) is 27.7 Å². The number of nitrogens with one attached hydrogen (secondary N) is 1. The van der Waals surface area contributed by atoms with Crippen LogP contribution in [0.3, 0.4) is 0 Å². The normalized spacial score (nSPS) is 20.8. The number of carbonyl (C=O) groups is 2. The highest BCUT2D eigenvalue weighted by molar-refractivity contribution is 5.84. The van der Waals surface area contributed by atoms with Gasteiger partial charge in [0.25, 0.3) is 0 Å². The van der Waals surface area contributed by atoms with Gasteiger partial charge in [-0.3, -0.25) is 9.59 Å². The van der Waals surface area contributed by atoms with Gasteiger partial charge in [0.05, 0.1) is 13.0 Å². The molecule has 0 aromatic rings. The van der Waals surface area contributed by atoms with E-state index in [9.17, 15) is 9.59 Å². The van der Waals surface area contributed by atoms with Crippen LogP contribution in [0, 0.1) is 16.7 Å². The maximum absolute atomic E-state index is 11.9. The molecule has 0 radical (unpaired) electrons. The molecule has 1 rings (SSSR count). The van der Waals surface area contributed by atoms with Gasteiger partial charge < -0.3 is 10.1 Å². The number of esters is 1. The zero-order valence-corrected chi connectivity index (χ0v) is 11.4. The van der Waals surface area contributed by atoms with Crippen LogP contribution in [0.1, 0.15) is 41.0 Å². The molecule has 0 bridgehead atoms. The quantitative estimate of drug-likeness (QED) is 0.746. The van der Waals surface area contributed by atoms with Gasteiger partial charge in [-0.05, 0) is 17.8 Å². The molecular formula is C13H23NO3. The maximum atomic E-state index is 11.9. The lowest BCUT2D eigenvalue weighted by Gasteiger charge is -2.06. The minimum absolute atomic E-state index is 0.0391. The van der Waals surface area contributed by atoms with Crippen LogP contribution in [0.15, 0.2) is 0 Å². The molecule has 0 spiro atoms. The van der Waals surface area contributed by atoms with Crippen LogP contribution in [0.5, 0.6) is 0 Å². The highest BCUT2D eigenvalue weighted by Gasteiger charge is 2.68. The molecule has 1 fully saturated rings.